The lowest BCUT2D eigenvalue weighted by Gasteiger charge is -2.13. The van der Waals surface area contributed by atoms with Crippen molar-refractivity contribution < 1.29 is 8.42 Å². The van der Waals surface area contributed by atoms with Gasteiger partial charge in [-0.25, -0.2) is 13.1 Å². The Morgan fingerprint density at radius 1 is 1.50 bits per heavy atom. The van der Waals surface area contributed by atoms with Crippen molar-refractivity contribution >= 4 is 10.0 Å². The molecule has 0 aliphatic carbocycles. The van der Waals surface area contributed by atoms with E-state index in [1.807, 2.05) is 0 Å². The van der Waals surface area contributed by atoms with Gasteiger partial charge in [0.25, 0.3) is 0 Å². The normalized spacial score (nSPS) is 20.6. The summed E-state index contributed by atoms with van der Waals surface area (Å²) in [6.45, 7) is 6.03. The SMILES string of the molecule is CCN1CCC(CNS(=O)(=O)c2cc(CN)n(C)c2)C1. The van der Waals surface area contributed by atoms with Crippen LogP contribution in [0.25, 0.3) is 0 Å². The maximum Gasteiger partial charge on any atom is 0.242 e. The lowest BCUT2D eigenvalue weighted by atomic mass is 10.1. The Balaban J connectivity index is 1.97. The third-order valence-electron chi connectivity index (χ3n) is 3.98. The maximum atomic E-state index is 12.2. The predicted molar refractivity (Wildman–Crippen MR) is 78.7 cm³/mol. The molecule has 1 aliphatic heterocycles. The standard InChI is InChI=1S/C13H24N4O2S/c1-3-17-5-4-11(9-17)8-15-20(18,19)13-6-12(7-14)16(2)10-13/h6,10-11,15H,3-5,7-9,14H2,1-2H3. The Morgan fingerprint density at radius 3 is 2.80 bits per heavy atom. The fourth-order valence-electron chi connectivity index (χ4n) is 2.60. The Labute approximate surface area is 121 Å². The number of rotatable bonds is 6. The monoisotopic (exact) mass is 300 g/mol. The van der Waals surface area contributed by atoms with Crippen molar-refractivity contribution in [2.45, 2.75) is 24.8 Å². The fourth-order valence-corrected chi connectivity index (χ4v) is 3.81. The summed E-state index contributed by atoms with van der Waals surface area (Å²) in [7, 11) is -1.63. The maximum absolute atomic E-state index is 12.2. The molecular formula is C13H24N4O2S. The van der Waals surface area contributed by atoms with Gasteiger partial charge in [0, 0.05) is 38.6 Å². The highest BCUT2D eigenvalue weighted by Crippen LogP contribution is 2.17. The van der Waals surface area contributed by atoms with Gasteiger partial charge in [0.2, 0.25) is 10.0 Å². The van der Waals surface area contributed by atoms with E-state index in [1.54, 1.807) is 23.9 Å². The Morgan fingerprint density at radius 2 is 2.25 bits per heavy atom. The zero-order chi connectivity index (χ0) is 14.8. The number of sulfonamides is 1. The molecule has 1 aliphatic rings. The molecular weight excluding hydrogens is 276 g/mol. The van der Waals surface area contributed by atoms with Crippen LogP contribution in [0.5, 0.6) is 0 Å². The van der Waals surface area contributed by atoms with Crippen LogP contribution in [0.3, 0.4) is 0 Å². The summed E-state index contributed by atoms with van der Waals surface area (Å²) < 4.78 is 29.0. The summed E-state index contributed by atoms with van der Waals surface area (Å²) >= 11 is 0. The molecule has 1 fully saturated rings. The average Bonchev–Trinajstić information content (AvgIpc) is 3.02. The first-order chi connectivity index (χ1) is 9.46. The molecule has 1 saturated heterocycles. The number of nitrogens with two attached hydrogens (primary N) is 1. The van der Waals surface area contributed by atoms with Crippen LogP contribution in [0.2, 0.25) is 0 Å². The van der Waals surface area contributed by atoms with E-state index in [2.05, 4.69) is 16.5 Å². The molecule has 3 N–H and O–H groups in total. The summed E-state index contributed by atoms with van der Waals surface area (Å²) in [5, 5.41) is 0. The van der Waals surface area contributed by atoms with Gasteiger partial charge >= 0.3 is 0 Å². The first kappa shape index (κ1) is 15.5. The third kappa shape index (κ3) is 3.41. The fraction of sp³-hybridized carbons (Fsp3) is 0.692. The quantitative estimate of drug-likeness (QED) is 0.781. The highest BCUT2D eigenvalue weighted by molar-refractivity contribution is 7.89. The summed E-state index contributed by atoms with van der Waals surface area (Å²) in [6, 6.07) is 1.63. The highest BCUT2D eigenvalue weighted by atomic mass is 32.2. The lowest BCUT2D eigenvalue weighted by molar-refractivity contribution is 0.342. The Hall–Kier alpha value is -0.890. The van der Waals surface area contributed by atoms with E-state index in [4.69, 9.17) is 5.73 Å². The molecule has 2 rings (SSSR count). The molecule has 1 unspecified atom stereocenters. The van der Waals surface area contributed by atoms with E-state index in [0.717, 1.165) is 31.7 Å². The Kier molecular flexibility index (Phi) is 4.85. The molecule has 2 heterocycles. The van der Waals surface area contributed by atoms with Crippen LogP contribution in [-0.2, 0) is 23.6 Å². The number of hydrogen-bond acceptors (Lipinski definition) is 4. The number of aromatic nitrogens is 1. The lowest BCUT2D eigenvalue weighted by Crippen LogP contribution is -2.31. The molecule has 1 aromatic rings. The van der Waals surface area contributed by atoms with Crippen molar-refractivity contribution in [3.05, 3.63) is 18.0 Å². The summed E-state index contributed by atoms with van der Waals surface area (Å²) in [5.41, 5.74) is 6.38. The van der Waals surface area contributed by atoms with Gasteiger partial charge in [0.1, 0.15) is 0 Å². The molecule has 0 saturated carbocycles. The molecule has 1 aromatic heterocycles. The molecule has 0 bridgehead atoms. The van der Waals surface area contributed by atoms with Gasteiger partial charge in [-0.1, -0.05) is 6.92 Å². The molecule has 114 valence electrons. The molecule has 6 nitrogen and oxygen atoms in total. The van der Waals surface area contributed by atoms with Gasteiger partial charge in [-0.05, 0) is 31.5 Å². The van der Waals surface area contributed by atoms with E-state index in [-0.39, 0.29) is 0 Å². The molecule has 0 radical (unpaired) electrons. The van der Waals surface area contributed by atoms with E-state index < -0.39 is 10.0 Å². The van der Waals surface area contributed by atoms with Crippen molar-refractivity contribution in [3.8, 4) is 0 Å². The smallest absolute Gasteiger partial charge is 0.242 e. The van der Waals surface area contributed by atoms with E-state index in [0.29, 0.717) is 23.9 Å². The Bertz CT molecular complexity index is 553. The second-order valence-corrected chi connectivity index (χ2v) is 7.15. The highest BCUT2D eigenvalue weighted by Gasteiger charge is 2.24. The average molecular weight is 300 g/mol. The number of likely N-dealkylation sites (tertiary alicyclic amines) is 1. The minimum Gasteiger partial charge on any atom is -0.352 e. The minimum atomic E-state index is -3.43. The minimum absolute atomic E-state index is 0.297. The van der Waals surface area contributed by atoms with Crippen molar-refractivity contribution in [1.82, 2.24) is 14.2 Å². The first-order valence-corrected chi connectivity index (χ1v) is 8.52. The summed E-state index contributed by atoms with van der Waals surface area (Å²) in [6.07, 6.45) is 2.66. The second kappa shape index (κ2) is 6.26. The van der Waals surface area contributed by atoms with E-state index in [9.17, 15) is 8.42 Å². The van der Waals surface area contributed by atoms with Crippen molar-refractivity contribution in [1.29, 1.82) is 0 Å². The van der Waals surface area contributed by atoms with Crippen LogP contribution in [0.1, 0.15) is 19.0 Å². The number of aryl methyl sites for hydroxylation is 1. The number of nitrogens with one attached hydrogen (secondary N) is 1. The van der Waals surface area contributed by atoms with Crippen LogP contribution in [-0.4, -0.2) is 44.1 Å². The molecule has 7 heteroatoms. The van der Waals surface area contributed by atoms with E-state index >= 15 is 0 Å². The second-order valence-electron chi connectivity index (χ2n) is 5.38. The van der Waals surface area contributed by atoms with Gasteiger partial charge in [-0.15, -0.1) is 0 Å². The largest absolute Gasteiger partial charge is 0.352 e. The molecule has 1 atom stereocenters. The van der Waals surface area contributed by atoms with Crippen molar-refractivity contribution in [2.75, 3.05) is 26.2 Å². The van der Waals surface area contributed by atoms with Gasteiger partial charge < -0.3 is 15.2 Å². The summed E-state index contributed by atoms with van der Waals surface area (Å²) in [4.78, 5) is 2.64. The van der Waals surface area contributed by atoms with E-state index in [1.165, 1.54) is 0 Å². The topological polar surface area (TPSA) is 80.4 Å². The van der Waals surface area contributed by atoms with Crippen molar-refractivity contribution in [2.24, 2.45) is 18.7 Å². The zero-order valence-corrected chi connectivity index (χ0v) is 13.0. The predicted octanol–water partition coefficient (Wildman–Crippen LogP) is 0.104. The first-order valence-electron chi connectivity index (χ1n) is 7.03. The number of nitrogens with zero attached hydrogens (tertiary/aromatic N) is 2. The van der Waals surface area contributed by atoms with Gasteiger partial charge in [-0.2, -0.15) is 0 Å². The molecule has 0 amide bonds. The van der Waals surface area contributed by atoms with Gasteiger partial charge in [-0.3, -0.25) is 0 Å². The molecule has 20 heavy (non-hydrogen) atoms. The van der Waals surface area contributed by atoms with Gasteiger partial charge in [0.05, 0.1) is 4.90 Å². The van der Waals surface area contributed by atoms with Crippen LogP contribution in [0, 0.1) is 5.92 Å². The van der Waals surface area contributed by atoms with Crippen molar-refractivity contribution in [3.63, 3.8) is 0 Å². The van der Waals surface area contributed by atoms with Crippen LogP contribution >= 0.6 is 0 Å². The zero-order valence-electron chi connectivity index (χ0n) is 12.2. The number of hydrogen-bond donors (Lipinski definition) is 2. The van der Waals surface area contributed by atoms with Gasteiger partial charge in [0.15, 0.2) is 0 Å². The third-order valence-corrected chi connectivity index (χ3v) is 5.37. The van der Waals surface area contributed by atoms with Crippen LogP contribution in [0.4, 0.5) is 0 Å². The molecule has 0 spiro atoms. The van der Waals surface area contributed by atoms with Crippen LogP contribution in [0.15, 0.2) is 17.2 Å². The van der Waals surface area contributed by atoms with Crippen LogP contribution < -0.4 is 10.5 Å². The summed E-state index contributed by atoms with van der Waals surface area (Å²) in [5.74, 6) is 0.405. The molecule has 0 aromatic carbocycles.